The fourth-order valence-electron chi connectivity index (χ4n) is 10.2. The van der Waals surface area contributed by atoms with Crippen molar-refractivity contribution in [3.63, 3.8) is 0 Å². The smallest absolute Gasteiger partial charge is 0.0647 e. The fourth-order valence-corrected chi connectivity index (χ4v) is 14.2. The summed E-state index contributed by atoms with van der Waals surface area (Å²) in [5.41, 5.74) is 1.29. The lowest BCUT2D eigenvalue weighted by molar-refractivity contribution is -0.115. The maximum atomic E-state index is 2.79. The van der Waals surface area contributed by atoms with Crippen molar-refractivity contribution in [3.8, 4) is 0 Å². The van der Waals surface area contributed by atoms with Crippen molar-refractivity contribution in [1.82, 2.24) is 0 Å². The molecule has 0 unspecified atom stereocenters. The first kappa shape index (κ1) is 23.4. The van der Waals surface area contributed by atoms with E-state index in [0.29, 0.717) is 14.9 Å². The third kappa shape index (κ3) is 3.79. The lowest BCUT2D eigenvalue weighted by Gasteiger charge is -2.65. The van der Waals surface area contributed by atoms with E-state index in [0.717, 1.165) is 41.4 Å². The quantitative estimate of drug-likeness (QED) is 0.399. The highest BCUT2D eigenvalue weighted by Gasteiger charge is 2.66. The van der Waals surface area contributed by atoms with Crippen LogP contribution in [0.3, 0.4) is 0 Å². The van der Waals surface area contributed by atoms with Crippen molar-refractivity contribution in [1.29, 1.82) is 0 Å². The highest BCUT2D eigenvalue weighted by atomic mass is 32.2. The second-order valence-electron chi connectivity index (χ2n) is 13.4. The average Bonchev–Trinajstić information content (AvgIpc) is 3.32. The third-order valence-corrected chi connectivity index (χ3v) is 15.2. The van der Waals surface area contributed by atoms with E-state index < -0.39 is 0 Å². The molecule has 2 heteroatoms. The van der Waals surface area contributed by atoms with E-state index in [1.54, 1.807) is 38.5 Å². The Balaban J connectivity index is 1.38. The van der Waals surface area contributed by atoms with Crippen LogP contribution in [0.5, 0.6) is 0 Å². The van der Waals surface area contributed by atoms with Gasteiger partial charge in [-0.3, -0.25) is 0 Å². The van der Waals surface area contributed by atoms with E-state index in [1.807, 2.05) is 0 Å². The predicted octanol–water partition coefficient (Wildman–Crippen LogP) is 9.28. The van der Waals surface area contributed by atoms with Gasteiger partial charge in [0.25, 0.3) is 0 Å². The Kier molecular flexibility index (Phi) is 6.60. The van der Waals surface area contributed by atoms with Crippen LogP contribution in [0.1, 0.15) is 112 Å². The zero-order chi connectivity index (χ0) is 21.9. The molecule has 1 aliphatic heterocycles. The Morgan fingerprint density at radius 1 is 0.806 bits per heavy atom. The van der Waals surface area contributed by atoms with Gasteiger partial charge in [-0.15, -0.1) is 23.5 Å². The molecular weight excluding hydrogens is 412 g/mol. The van der Waals surface area contributed by atoms with Gasteiger partial charge in [0.1, 0.15) is 0 Å². The van der Waals surface area contributed by atoms with Gasteiger partial charge < -0.3 is 0 Å². The average molecular weight is 463 g/mol. The summed E-state index contributed by atoms with van der Waals surface area (Å²) in [6.07, 6.45) is 18.3. The molecule has 0 aromatic carbocycles. The summed E-state index contributed by atoms with van der Waals surface area (Å²) in [5.74, 6) is 9.77. The maximum absolute atomic E-state index is 2.79. The fraction of sp³-hybridized carbons (Fsp3) is 1.00. The van der Waals surface area contributed by atoms with E-state index >= 15 is 0 Å². The molecule has 0 N–H and O–H groups in total. The van der Waals surface area contributed by atoms with Crippen LogP contribution < -0.4 is 0 Å². The van der Waals surface area contributed by atoms with Gasteiger partial charge in [-0.25, -0.2) is 0 Å². The molecule has 0 radical (unpaired) electrons. The molecular formula is C29H50S2. The molecule has 4 aliphatic carbocycles. The van der Waals surface area contributed by atoms with Crippen molar-refractivity contribution >= 4 is 23.5 Å². The van der Waals surface area contributed by atoms with Crippen molar-refractivity contribution in [3.05, 3.63) is 0 Å². The molecule has 0 bridgehead atoms. The number of hydrogen-bond acceptors (Lipinski definition) is 2. The minimum Gasteiger partial charge on any atom is -0.143 e. The minimum absolute atomic E-state index is 0.593. The molecule has 0 nitrogen and oxygen atoms in total. The molecule has 5 aliphatic rings. The Morgan fingerprint density at radius 3 is 2.29 bits per heavy atom. The van der Waals surface area contributed by atoms with Crippen LogP contribution in [-0.2, 0) is 0 Å². The van der Waals surface area contributed by atoms with E-state index in [1.165, 1.54) is 50.0 Å². The zero-order valence-corrected chi connectivity index (χ0v) is 22.9. The summed E-state index contributed by atoms with van der Waals surface area (Å²) in [4.78, 5) is 0. The molecule has 1 heterocycles. The topological polar surface area (TPSA) is 0 Å². The highest BCUT2D eigenvalue weighted by molar-refractivity contribution is 8.21. The summed E-state index contributed by atoms with van der Waals surface area (Å²) in [5, 5.41) is 0. The second-order valence-corrected chi connectivity index (χ2v) is 16.5. The monoisotopic (exact) mass is 462 g/mol. The van der Waals surface area contributed by atoms with Crippen LogP contribution in [0.2, 0.25) is 0 Å². The van der Waals surface area contributed by atoms with Crippen LogP contribution in [-0.4, -0.2) is 15.6 Å². The Hall–Kier alpha value is 0.700. The predicted molar refractivity (Wildman–Crippen MR) is 141 cm³/mol. The molecule has 4 saturated carbocycles. The first-order chi connectivity index (χ1) is 14.8. The van der Waals surface area contributed by atoms with E-state index in [2.05, 4.69) is 58.1 Å². The van der Waals surface area contributed by atoms with Gasteiger partial charge >= 0.3 is 0 Å². The van der Waals surface area contributed by atoms with Crippen LogP contribution in [0.4, 0.5) is 0 Å². The van der Waals surface area contributed by atoms with Gasteiger partial charge in [0.05, 0.1) is 4.08 Å². The van der Waals surface area contributed by atoms with Gasteiger partial charge in [0, 0.05) is 11.5 Å². The Labute approximate surface area is 202 Å². The number of hydrogen-bond donors (Lipinski definition) is 0. The van der Waals surface area contributed by atoms with Crippen LogP contribution in [0.15, 0.2) is 0 Å². The molecule has 5 fully saturated rings. The minimum atomic E-state index is 0.593. The molecule has 0 aromatic rings. The largest absolute Gasteiger partial charge is 0.143 e. The molecule has 178 valence electrons. The molecule has 5 rings (SSSR count). The van der Waals surface area contributed by atoms with E-state index in [-0.39, 0.29) is 0 Å². The number of rotatable bonds is 5. The lowest BCUT2D eigenvalue weighted by Crippen LogP contribution is -2.59. The summed E-state index contributed by atoms with van der Waals surface area (Å²) >= 11 is 4.85. The van der Waals surface area contributed by atoms with E-state index in [9.17, 15) is 0 Å². The molecule has 8 atom stereocenters. The SMILES string of the molecule is CC(C)CCC[C@@H](C)[C@H]1CC[C@H]2[C@@H]3CC4(SCCS4)[C@H]4CCCC[C@]4(C)[C@H]3CC[C@]12C. The number of fused-ring (bicyclic) bond motifs is 6. The van der Waals surface area contributed by atoms with Gasteiger partial charge in [-0.1, -0.05) is 66.7 Å². The summed E-state index contributed by atoms with van der Waals surface area (Å²) in [6.45, 7) is 13.0. The van der Waals surface area contributed by atoms with Crippen LogP contribution in [0.25, 0.3) is 0 Å². The lowest BCUT2D eigenvalue weighted by atomic mass is 9.44. The third-order valence-electron chi connectivity index (χ3n) is 11.6. The number of thioether (sulfide) groups is 2. The van der Waals surface area contributed by atoms with Crippen LogP contribution in [0, 0.1) is 52.3 Å². The maximum Gasteiger partial charge on any atom is 0.0647 e. The molecule has 31 heavy (non-hydrogen) atoms. The molecule has 0 amide bonds. The van der Waals surface area contributed by atoms with E-state index in [4.69, 9.17) is 0 Å². The van der Waals surface area contributed by atoms with Crippen molar-refractivity contribution in [2.75, 3.05) is 11.5 Å². The zero-order valence-electron chi connectivity index (χ0n) is 21.3. The van der Waals surface area contributed by atoms with Crippen molar-refractivity contribution in [2.45, 2.75) is 116 Å². The van der Waals surface area contributed by atoms with Gasteiger partial charge in [0.15, 0.2) is 0 Å². The van der Waals surface area contributed by atoms with Crippen molar-refractivity contribution in [2.24, 2.45) is 52.3 Å². The Bertz CT molecular complexity index is 637. The van der Waals surface area contributed by atoms with Gasteiger partial charge in [-0.05, 0) is 97.2 Å². The first-order valence-corrected chi connectivity index (χ1v) is 16.1. The standard InChI is InChI=1S/C29H50S2/c1-20(2)9-8-10-21(3)23-12-13-24-22-19-29(30-17-18-31-29)26-11-6-7-15-28(26,5)25(22)14-16-27(23,24)4/h20-26H,6-19H2,1-5H3/t21-,22+,23-,24+,25+,26+,27-,28-/m1/s1. The summed E-state index contributed by atoms with van der Waals surface area (Å²) < 4.78 is 0.593. The highest BCUT2D eigenvalue weighted by Crippen LogP contribution is 2.74. The van der Waals surface area contributed by atoms with Crippen molar-refractivity contribution < 1.29 is 0 Å². The van der Waals surface area contributed by atoms with Crippen LogP contribution >= 0.6 is 23.5 Å². The molecule has 0 aromatic heterocycles. The van der Waals surface area contributed by atoms with Gasteiger partial charge in [0.2, 0.25) is 0 Å². The van der Waals surface area contributed by atoms with Gasteiger partial charge in [-0.2, -0.15) is 0 Å². The summed E-state index contributed by atoms with van der Waals surface area (Å²) in [6, 6.07) is 0. The molecule has 1 saturated heterocycles. The second kappa shape index (κ2) is 8.73. The Morgan fingerprint density at radius 2 is 1.55 bits per heavy atom. The molecule has 1 spiro atoms. The first-order valence-electron chi connectivity index (χ1n) is 14.1. The normalized spacial score (nSPS) is 47.2. The summed E-state index contributed by atoms with van der Waals surface area (Å²) in [7, 11) is 0.